The van der Waals surface area contributed by atoms with E-state index in [1.54, 1.807) is 6.92 Å². The smallest absolute Gasteiger partial charge is 0.133 e. The van der Waals surface area contributed by atoms with E-state index in [4.69, 9.17) is 27.9 Å². The molecule has 1 N–H and O–H groups in total. The molecule has 2 aromatic rings. The van der Waals surface area contributed by atoms with E-state index < -0.39 is 6.10 Å². The molecule has 0 radical (unpaired) electrons. The van der Waals surface area contributed by atoms with Crippen LogP contribution in [0.1, 0.15) is 18.6 Å². The third-order valence-corrected chi connectivity index (χ3v) is 3.43. The van der Waals surface area contributed by atoms with Gasteiger partial charge in [0.2, 0.25) is 0 Å². The van der Waals surface area contributed by atoms with E-state index >= 15 is 0 Å². The fraction of sp³-hybridized carbons (Fsp3) is 0.200. The third kappa shape index (κ3) is 3.21. The lowest BCUT2D eigenvalue weighted by molar-refractivity contribution is 0.193. The van der Waals surface area contributed by atoms with Gasteiger partial charge in [-0.1, -0.05) is 59.6 Å². The molecule has 0 aliphatic heterocycles. The molecule has 0 saturated carbocycles. The molecule has 0 fully saturated rings. The summed E-state index contributed by atoms with van der Waals surface area (Å²) in [7, 11) is 0. The van der Waals surface area contributed by atoms with Gasteiger partial charge in [-0.3, -0.25) is 0 Å². The minimum atomic E-state index is -0.613. The number of benzene rings is 2. The Hall–Kier alpha value is -1.22. The van der Waals surface area contributed by atoms with Crippen LogP contribution in [0.4, 0.5) is 0 Å². The molecule has 1 unspecified atom stereocenters. The zero-order valence-electron chi connectivity index (χ0n) is 10.4. The van der Waals surface area contributed by atoms with Crippen molar-refractivity contribution >= 4 is 34.0 Å². The van der Waals surface area contributed by atoms with Crippen LogP contribution in [0.3, 0.4) is 0 Å². The van der Waals surface area contributed by atoms with Crippen LogP contribution >= 0.6 is 23.2 Å². The highest BCUT2D eigenvalue weighted by Gasteiger charge is 2.13. The lowest BCUT2D eigenvalue weighted by atomic mass is 10.0. The van der Waals surface area contributed by atoms with E-state index in [1.807, 2.05) is 36.4 Å². The number of hydrogen-bond donors (Lipinski definition) is 1. The summed E-state index contributed by atoms with van der Waals surface area (Å²) >= 11 is 11.4. The second-order valence-electron chi connectivity index (χ2n) is 4.23. The van der Waals surface area contributed by atoms with E-state index in [0.717, 1.165) is 16.3 Å². The van der Waals surface area contributed by atoms with Gasteiger partial charge >= 0.3 is 0 Å². The molecule has 2 rings (SSSR count). The lowest BCUT2D eigenvalue weighted by Gasteiger charge is -2.16. The van der Waals surface area contributed by atoms with Gasteiger partial charge in [-0.05, 0) is 12.3 Å². The van der Waals surface area contributed by atoms with Crippen molar-refractivity contribution in [3.8, 4) is 5.75 Å². The highest BCUT2D eigenvalue weighted by Crippen LogP contribution is 2.34. The fourth-order valence-electron chi connectivity index (χ4n) is 1.92. The standard InChI is InChI=1S/C15H14Cl2O2/c1-10(18)13-7-6-11-4-2-3-5-14(11)15(13)19-9-12(17)8-16/h2-8,10,18H,9H2,1H3. The average Bonchev–Trinajstić information content (AvgIpc) is 2.43. The summed E-state index contributed by atoms with van der Waals surface area (Å²) < 4.78 is 5.72. The molecule has 0 spiro atoms. The van der Waals surface area contributed by atoms with Crippen LogP contribution in [0, 0.1) is 0 Å². The Morgan fingerprint density at radius 3 is 2.74 bits per heavy atom. The van der Waals surface area contributed by atoms with Gasteiger partial charge in [-0.15, -0.1) is 0 Å². The Kier molecular flexibility index (Phi) is 4.70. The number of fused-ring (bicyclic) bond motifs is 1. The Morgan fingerprint density at radius 1 is 1.32 bits per heavy atom. The van der Waals surface area contributed by atoms with Crippen LogP contribution in [0.15, 0.2) is 47.0 Å². The summed E-state index contributed by atoms with van der Waals surface area (Å²) in [6.45, 7) is 1.88. The predicted octanol–water partition coefficient (Wildman–Crippen LogP) is 4.59. The third-order valence-electron chi connectivity index (χ3n) is 2.83. The SMILES string of the molecule is CC(O)c1ccc2ccccc2c1OCC(Cl)=CCl. The van der Waals surface area contributed by atoms with E-state index in [9.17, 15) is 5.11 Å². The van der Waals surface area contributed by atoms with E-state index in [1.165, 1.54) is 5.54 Å². The van der Waals surface area contributed by atoms with Crippen molar-refractivity contribution < 1.29 is 9.84 Å². The van der Waals surface area contributed by atoms with Crippen molar-refractivity contribution in [1.82, 2.24) is 0 Å². The molecule has 100 valence electrons. The predicted molar refractivity (Wildman–Crippen MR) is 79.9 cm³/mol. The van der Waals surface area contributed by atoms with Crippen molar-refractivity contribution in [2.24, 2.45) is 0 Å². The van der Waals surface area contributed by atoms with Gasteiger partial charge in [-0.2, -0.15) is 0 Å². The van der Waals surface area contributed by atoms with Crippen LogP contribution in [0.2, 0.25) is 0 Å². The summed E-state index contributed by atoms with van der Waals surface area (Å²) in [4.78, 5) is 0. The number of halogens is 2. The van der Waals surface area contributed by atoms with Gasteiger partial charge in [0.15, 0.2) is 0 Å². The molecule has 4 heteroatoms. The summed E-state index contributed by atoms with van der Waals surface area (Å²) in [5.41, 5.74) is 2.01. The topological polar surface area (TPSA) is 29.5 Å². The van der Waals surface area contributed by atoms with E-state index in [2.05, 4.69) is 0 Å². The summed E-state index contributed by atoms with van der Waals surface area (Å²) in [6.07, 6.45) is -0.613. The molecule has 0 aliphatic rings. The van der Waals surface area contributed by atoms with Crippen LogP contribution in [-0.2, 0) is 0 Å². The van der Waals surface area contributed by atoms with Gasteiger partial charge in [0, 0.05) is 16.5 Å². The molecule has 1 atom stereocenters. The number of hydrogen-bond acceptors (Lipinski definition) is 2. The zero-order chi connectivity index (χ0) is 13.8. The van der Waals surface area contributed by atoms with Crippen LogP contribution in [0.5, 0.6) is 5.75 Å². The molecule has 0 amide bonds. The summed E-state index contributed by atoms with van der Waals surface area (Å²) in [5, 5.41) is 12.2. The number of aliphatic hydroxyl groups excluding tert-OH is 1. The highest BCUT2D eigenvalue weighted by atomic mass is 35.5. The second-order valence-corrected chi connectivity index (χ2v) is 4.93. The molecule has 0 bridgehead atoms. The van der Waals surface area contributed by atoms with Crippen molar-refractivity contribution in [2.45, 2.75) is 13.0 Å². The molecule has 19 heavy (non-hydrogen) atoms. The molecule has 2 aromatic carbocycles. The maximum atomic E-state index is 9.83. The molecule has 0 aliphatic carbocycles. The average molecular weight is 297 g/mol. The first-order valence-electron chi connectivity index (χ1n) is 5.90. The molecular weight excluding hydrogens is 283 g/mol. The Labute approximate surface area is 122 Å². The van der Waals surface area contributed by atoms with Crippen molar-refractivity contribution in [3.05, 3.63) is 52.5 Å². The molecule has 0 heterocycles. The second kappa shape index (κ2) is 6.29. The first kappa shape index (κ1) is 14.2. The highest BCUT2D eigenvalue weighted by molar-refractivity contribution is 6.36. The Balaban J connectivity index is 2.49. The largest absolute Gasteiger partial charge is 0.487 e. The number of ether oxygens (including phenoxy) is 1. The number of aliphatic hydroxyl groups is 1. The van der Waals surface area contributed by atoms with Gasteiger partial charge in [0.25, 0.3) is 0 Å². The molecule has 0 saturated heterocycles. The number of rotatable bonds is 4. The quantitative estimate of drug-likeness (QED) is 0.894. The van der Waals surface area contributed by atoms with Gasteiger partial charge < -0.3 is 9.84 Å². The van der Waals surface area contributed by atoms with Crippen molar-refractivity contribution in [1.29, 1.82) is 0 Å². The maximum Gasteiger partial charge on any atom is 0.133 e. The Morgan fingerprint density at radius 2 is 2.05 bits per heavy atom. The minimum Gasteiger partial charge on any atom is -0.487 e. The van der Waals surface area contributed by atoms with Crippen LogP contribution < -0.4 is 4.74 Å². The first-order chi connectivity index (χ1) is 9.13. The van der Waals surface area contributed by atoms with E-state index in [0.29, 0.717) is 10.8 Å². The summed E-state index contributed by atoms with van der Waals surface area (Å²) in [6, 6.07) is 11.7. The van der Waals surface area contributed by atoms with Crippen LogP contribution in [0.25, 0.3) is 10.8 Å². The van der Waals surface area contributed by atoms with E-state index in [-0.39, 0.29) is 6.61 Å². The first-order valence-corrected chi connectivity index (χ1v) is 6.72. The lowest BCUT2D eigenvalue weighted by Crippen LogP contribution is -2.03. The van der Waals surface area contributed by atoms with Gasteiger partial charge in [0.05, 0.1) is 11.1 Å². The van der Waals surface area contributed by atoms with Crippen LogP contribution in [-0.4, -0.2) is 11.7 Å². The molecule has 0 aromatic heterocycles. The van der Waals surface area contributed by atoms with Gasteiger partial charge in [-0.25, -0.2) is 0 Å². The fourth-order valence-corrected chi connectivity index (χ4v) is 2.04. The molecular formula is C15H14Cl2O2. The minimum absolute atomic E-state index is 0.179. The van der Waals surface area contributed by atoms with Gasteiger partial charge in [0.1, 0.15) is 12.4 Å². The Bertz CT molecular complexity index is 606. The normalized spacial score (nSPS) is 13.6. The van der Waals surface area contributed by atoms with Crippen molar-refractivity contribution in [2.75, 3.05) is 6.61 Å². The monoisotopic (exact) mass is 296 g/mol. The summed E-state index contributed by atoms with van der Waals surface area (Å²) in [5.74, 6) is 0.643. The zero-order valence-corrected chi connectivity index (χ0v) is 11.9. The van der Waals surface area contributed by atoms with Crippen molar-refractivity contribution in [3.63, 3.8) is 0 Å². The maximum absolute atomic E-state index is 9.83. The molecule has 2 nitrogen and oxygen atoms in total.